The predicted molar refractivity (Wildman–Crippen MR) is 79.6 cm³/mol. The lowest BCUT2D eigenvalue weighted by Gasteiger charge is -2.25. The summed E-state index contributed by atoms with van der Waals surface area (Å²) in [6.07, 6.45) is 2.17. The Kier molecular flexibility index (Phi) is 3.70. The van der Waals surface area contributed by atoms with Crippen LogP contribution in [0.3, 0.4) is 0 Å². The zero-order valence-corrected chi connectivity index (χ0v) is 13.1. The molecule has 0 N–H and O–H groups in total. The van der Waals surface area contributed by atoms with Crippen LogP contribution in [0.1, 0.15) is 22.5 Å². The second-order valence-corrected chi connectivity index (χ2v) is 5.81. The second kappa shape index (κ2) is 5.31. The van der Waals surface area contributed by atoms with Crippen LogP contribution in [0.5, 0.6) is 0 Å². The maximum Gasteiger partial charge on any atom is 0.380 e. The standard InChI is InChI=1S/C17H12F6N2/c1-9-5-3-7-24-13(9)11-12(14-10(2)6-4-8-25-14)16(20,21)17(22,23)15(11,18)19/h3-8H,1-2H3. The highest BCUT2D eigenvalue weighted by molar-refractivity contribution is 6.00. The van der Waals surface area contributed by atoms with Gasteiger partial charge in [-0.15, -0.1) is 0 Å². The second-order valence-electron chi connectivity index (χ2n) is 5.81. The molecule has 132 valence electrons. The molecule has 2 aromatic rings. The number of aryl methyl sites for hydroxylation is 2. The predicted octanol–water partition coefficient (Wildman–Crippen LogP) is 4.92. The van der Waals surface area contributed by atoms with E-state index in [0.717, 1.165) is 12.4 Å². The first-order valence-electron chi connectivity index (χ1n) is 7.26. The van der Waals surface area contributed by atoms with Crippen LogP contribution in [0, 0.1) is 13.8 Å². The van der Waals surface area contributed by atoms with Gasteiger partial charge in [-0.25, -0.2) is 0 Å². The van der Waals surface area contributed by atoms with Gasteiger partial charge >= 0.3 is 17.8 Å². The Morgan fingerprint density at radius 1 is 0.680 bits per heavy atom. The fourth-order valence-corrected chi connectivity index (χ4v) is 2.85. The average molecular weight is 358 g/mol. The average Bonchev–Trinajstić information content (AvgIpc) is 2.63. The van der Waals surface area contributed by atoms with E-state index >= 15 is 0 Å². The third kappa shape index (κ3) is 2.19. The maximum atomic E-state index is 14.5. The van der Waals surface area contributed by atoms with Gasteiger partial charge in [0, 0.05) is 12.4 Å². The van der Waals surface area contributed by atoms with Crippen LogP contribution >= 0.6 is 0 Å². The number of pyridine rings is 2. The fourth-order valence-electron chi connectivity index (χ4n) is 2.85. The molecule has 0 unspecified atom stereocenters. The molecular formula is C17H12F6N2. The van der Waals surface area contributed by atoms with Gasteiger partial charge < -0.3 is 0 Å². The van der Waals surface area contributed by atoms with Crippen molar-refractivity contribution in [3.63, 3.8) is 0 Å². The van der Waals surface area contributed by atoms with E-state index in [2.05, 4.69) is 9.97 Å². The minimum Gasteiger partial charge on any atom is -0.256 e. The number of allylic oxidation sites excluding steroid dienone is 2. The van der Waals surface area contributed by atoms with E-state index in [1.165, 1.54) is 38.1 Å². The van der Waals surface area contributed by atoms with Crippen LogP contribution in [0.25, 0.3) is 11.1 Å². The van der Waals surface area contributed by atoms with E-state index in [-0.39, 0.29) is 11.1 Å². The zero-order valence-electron chi connectivity index (χ0n) is 13.1. The summed E-state index contributed by atoms with van der Waals surface area (Å²) in [7, 11) is 0. The van der Waals surface area contributed by atoms with Crippen LogP contribution in [-0.2, 0) is 0 Å². The van der Waals surface area contributed by atoms with Crippen molar-refractivity contribution in [2.45, 2.75) is 31.6 Å². The van der Waals surface area contributed by atoms with Crippen molar-refractivity contribution in [1.82, 2.24) is 9.97 Å². The molecule has 0 amide bonds. The minimum absolute atomic E-state index is 0.0803. The molecule has 0 aromatic carbocycles. The van der Waals surface area contributed by atoms with E-state index in [1.807, 2.05) is 0 Å². The number of hydrogen-bond donors (Lipinski definition) is 0. The molecule has 0 fully saturated rings. The molecule has 2 nitrogen and oxygen atoms in total. The first kappa shape index (κ1) is 17.4. The van der Waals surface area contributed by atoms with E-state index in [0.29, 0.717) is 0 Å². The first-order valence-corrected chi connectivity index (χ1v) is 7.26. The van der Waals surface area contributed by atoms with Crippen LogP contribution in [0.15, 0.2) is 36.7 Å². The van der Waals surface area contributed by atoms with Crippen LogP contribution in [0.4, 0.5) is 26.3 Å². The summed E-state index contributed by atoms with van der Waals surface area (Å²) in [5, 5.41) is 0. The molecule has 3 rings (SSSR count). The van der Waals surface area contributed by atoms with Crippen LogP contribution in [-0.4, -0.2) is 27.7 Å². The summed E-state index contributed by atoms with van der Waals surface area (Å²) in [6.45, 7) is 2.67. The lowest BCUT2D eigenvalue weighted by Crippen LogP contribution is -2.49. The molecule has 1 aliphatic rings. The summed E-state index contributed by atoms with van der Waals surface area (Å²) in [5.74, 6) is -15.8. The van der Waals surface area contributed by atoms with Crippen molar-refractivity contribution in [2.75, 3.05) is 0 Å². The Morgan fingerprint density at radius 3 is 1.36 bits per heavy atom. The molecule has 0 bridgehead atoms. The van der Waals surface area contributed by atoms with Crippen molar-refractivity contribution >= 4 is 11.1 Å². The Morgan fingerprint density at radius 2 is 1.04 bits per heavy atom. The van der Waals surface area contributed by atoms with E-state index in [1.54, 1.807) is 0 Å². The Bertz CT molecular complexity index is 803. The van der Waals surface area contributed by atoms with Gasteiger partial charge in [0.1, 0.15) is 0 Å². The molecule has 1 aliphatic carbocycles. The fraction of sp³-hybridized carbons (Fsp3) is 0.294. The number of nitrogens with zero attached hydrogens (tertiary/aromatic N) is 2. The third-order valence-electron chi connectivity index (χ3n) is 4.16. The highest BCUT2D eigenvalue weighted by atomic mass is 19.3. The zero-order chi connectivity index (χ0) is 18.6. The molecule has 0 saturated carbocycles. The summed E-state index contributed by atoms with van der Waals surface area (Å²) >= 11 is 0. The van der Waals surface area contributed by atoms with Gasteiger partial charge in [0.05, 0.1) is 22.5 Å². The van der Waals surface area contributed by atoms with E-state index in [4.69, 9.17) is 0 Å². The molecule has 0 saturated heterocycles. The molecule has 2 heterocycles. The van der Waals surface area contributed by atoms with Gasteiger partial charge in [-0.2, -0.15) is 26.3 Å². The number of alkyl halides is 6. The number of aromatic nitrogens is 2. The maximum absolute atomic E-state index is 14.5. The summed E-state index contributed by atoms with van der Waals surface area (Å²) < 4.78 is 85.9. The van der Waals surface area contributed by atoms with Crippen molar-refractivity contribution < 1.29 is 26.3 Å². The van der Waals surface area contributed by atoms with Crippen LogP contribution in [0.2, 0.25) is 0 Å². The summed E-state index contributed by atoms with van der Waals surface area (Å²) in [5.41, 5.74) is -3.99. The van der Waals surface area contributed by atoms with Crippen molar-refractivity contribution in [3.05, 3.63) is 59.2 Å². The quantitative estimate of drug-likeness (QED) is 0.712. The molecule has 25 heavy (non-hydrogen) atoms. The van der Waals surface area contributed by atoms with Gasteiger partial charge in [0.2, 0.25) is 0 Å². The molecule has 0 atom stereocenters. The Hall–Kier alpha value is -2.38. The number of halogens is 6. The molecule has 0 aliphatic heterocycles. The summed E-state index contributed by atoms with van der Waals surface area (Å²) in [4.78, 5) is 7.32. The Balaban J connectivity index is 2.47. The monoisotopic (exact) mass is 358 g/mol. The number of hydrogen-bond acceptors (Lipinski definition) is 2. The molecule has 2 aromatic heterocycles. The smallest absolute Gasteiger partial charge is 0.256 e. The highest BCUT2D eigenvalue weighted by Gasteiger charge is 2.81. The van der Waals surface area contributed by atoms with Gasteiger partial charge in [-0.1, -0.05) is 12.1 Å². The molecule has 0 spiro atoms. The van der Waals surface area contributed by atoms with E-state index in [9.17, 15) is 26.3 Å². The minimum atomic E-state index is -5.60. The van der Waals surface area contributed by atoms with Crippen molar-refractivity contribution in [3.8, 4) is 0 Å². The van der Waals surface area contributed by atoms with E-state index < -0.39 is 40.3 Å². The lowest BCUT2D eigenvalue weighted by molar-refractivity contribution is -0.254. The van der Waals surface area contributed by atoms with Gasteiger partial charge in [0.25, 0.3) is 0 Å². The van der Waals surface area contributed by atoms with Gasteiger partial charge in [-0.3, -0.25) is 9.97 Å². The van der Waals surface area contributed by atoms with Crippen LogP contribution < -0.4 is 0 Å². The van der Waals surface area contributed by atoms with Gasteiger partial charge in [0.15, 0.2) is 0 Å². The summed E-state index contributed by atoms with van der Waals surface area (Å²) in [6, 6.07) is 5.47. The van der Waals surface area contributed by atoms with Crippen molar-refractivity contribution in [2.24, 2.45) is 0 Å². The van der Waals surface area contributed by atoms with Gasteiger partial charge in [-0.05, 0) is 37.1 Å². The largest absolute Gasteiger partial charge is 0.380 e. The lowest BCUT2D eigenvalue weighted by atomic mass is 9.97. The molecule has 8 heteroatoms. The third-order valence-corrected chi connectivity index (χ3v) is 4.16. The topological polar surface area (TPSA) is 25.8 Å². The highest BCUT2D eigenvalue weighted by Crippen LogP contribution is 2.64. The Labute approximate surface area is 139 Å². The SMILES string of the molecule is Cc1cccnc1C1=C(c2ncccc2C)C(F)(F)C(F)(F)C1(F)F. The number of rotatable bonds is 2. The molecule has 0 radical (unpaired) electrons. The molecular weight excluding hydrogens is 346 g/mol. The first-order chi connectivity index (χ1) is 11.5. The normalized spacial score (nSPS) is 20.8. The van der Waals surface area contributed by atoms with Crippen molar-refractivity contribution in [1.29, 1.82) is 0 Å².